The van der Waals surface area contributed by atoms with Crippen LogP contribution in [0.25, 0.3) is 0 Å². The Balaban J connectivity index is 1.20. The van der Waals surface area contributed by atoms with Gasteiger partial charge < -0.3 is 45.9 Å². The maximum Gasteiger partial charge on any atom is 0.405 e. The summed E-state index contributed by atoms with van der Waals surface area (Å²) in [4.78, 5) is 53.2. The molecule has 2 bridgehead atoms. The summed E-state index contributed by atoms with van der Waals surface area (Å²) in [6, 6.07) is 5.79. The third kappa shape index (κ3) is 10.4. The van der Waals surface area contributed by atoms with Gasteiger partial charge in [-0.3, -0.25) is 14.4 Å². The topological polar surface area (TPSA) is 207 Å². The molecule has 13 nitrogen and oxygen atoms in total. The van der Waals surface area contributed by atoms with Crippen LogP contribution >= 0.6 is 0 Å². The molecule has 0 unspecified atom stereocenters. The van der Waals surface area contributed by atoms with Gasteiger partial charge >= 0.3 is 6.09 Å². The lowest BCUT2D eigenvalue weighted by molar-refractivity contribution is -0.120. The van der Waals surface area contributed by atoms with Crippen LogP contribution in [0.2, 0.25) is 0 Å². The second kappa shape index (κ2) is 20.2. The number of Topliss-reactive ketones (excluding diaryl/α,β-unsaturated/α-hetero) is 1. The number of rotatable bonds is 6. The van der Waals surface area contributed by atoms with Crippen molar-refractivity contribution in [2.45, 2.75) is 122 Å². The standard InChI is InChI=1S/C50H65N3O10/c1-27-21-37-43(52-20-9-8-12-32-25-38-36-16-14-31-24-33(54)15-17-34(31)35(36)18-19-50(38,5)47(32)58)40(55)26-39(45(37)57)53-48(59)28(2)11-10-13-41(61-6)46(63-49(51)60)30(4)23-29(3)44(56)42(22-27)62-7/h10-11,13,15,17,23-24,26-27,29,32,35-36,38,41-42,44,46-47,52,54,56,58H,12,14,16,18-22,25H2,1-7H3,(H2,51,60)(H,53,59)/b13-10-,28-11+,30-23+/t27-,29+,32+,35+,36+,38-,41+,42+,44-,46+,47-,50-/m0/s1. The molecule has 12 atom stereocenters. The number of fused-ring (bicyclic) bond motifs is 7. The van der Waals surface area contributed by atoms with E-state index in [1.165, 1.54) is 31.4 Å². The first-order chi connectivity index (χ1) is 30.0. The summed E-state index contributed by atoms with van der Waals surface area (Å²) < 4.78 is 16.8. The molecule has 2 saturated carbocycles. The molecule has 63 heavy (non-hydrogen) atoms. The molecule has 0 saturated heterocycles. The number of allylic oxidation sites excluding steroid dienone is 4. The zero-order chi connectivity index (χ0) is 45.7. The minimum absolute atomic E-state index is 0.0129. The van der Waals surface area contributed by atoms with Crippen molar-refractivity contribution in [1.82, 2.24) is 10.6 Å². The zero-order valence-electron chi connectivity index (χ0n) is 37.6. The van der Waals surface area contributed by atoms with Crippen LogP contribution in [0, 0.1) is 46.8 Å². The van der Waals surface area contributed by atoms with Crippen LogP contribution in [-0.4, -0.2) is 90.2 Å². The number of hydrogen-bond acceptors (Lipinski definition) is 11. The summed E-state index contributed by atoms with van der Waals surface area (Å²) in [5.74, 6) is 5.66. The second-order valence-electron chi connectivity index (χ2n) is 18.6. The number of carbonyl (C=O) groups excluding carboxylic acids is 4. The highest BCUT2D eigenvalue weighted by atomic mass is 16.6. The quantitative estimate of drug-likeness (QED) is 0.118. The lowest BCUT2D eigenvalue weighted by Gasteiger charge is -2.50. The molecule has 7 N–H and O–H groups in total. The van der Waals surface area contributed by atoms with E-state index in [0.29, 0.717) is 41.9 Å². The maximum absolute atomic E-state index is 14.2. The number of primary amides is 1. The van der Waals surface area contributed by atoms with Crippen LogP contribution in [-0.2, 0) is 35.0 Å². The van der Waals surface area contributed by atoms with E-state index in [0.717, 1.165) is 38.2 Å². The summed E-state index contributed by atoms with van der Waals surface area (Å²) in [6.07, 6.45) is 8.37. The van der Waals surface area contributed by atoms with Crippen molar-refractivity contribution < 1.29 is 48.7 Å². The maximum atomic E-state index is 14.2. The minimum atomic E-state index is -1.01. The summed E-state index contributed by atoms with van der Waals surface area (Å²) in [7, 11) is 2.93. The fraction of sp³-hybridized carbons (Fsp3) is 0.560. The molecule has 1 aromatic rings. The van der Waals surface area contributed by atoms with Gasteiger partial charge in [0.2, 0.25) is 11.6 Å². The normalized spacial score (nSPS) is 36.1. The first-order valence-corrected chi connectivity index (χ1v) is 22.2. The van der Waals surface area contributed by atoms with E-state index in [1.807, 2.05) is 13.0 Å². The minimum Gasteiger partial charge on any atom is -0.508 e. The predicted molar refractivity (Wildman–Crippen MR) is 238 cm³/mol. The van der Waals surface area contributed by atoms with Gasteiger partial charge in [-0.05, 0) is 123 Å². The first-order valence-electron chi connectivity index (χ1n) is 22.2. The van der Waals surface area contributed by atoms with Crippen molar-refractivity contribution in [2.24, 2.45) is 40.7 Å². The molecule has 4 aliphatic carbocycles. The number of hydrogen-bond donors (Lipinski definition) is 6. The Morgan fingerprint density at radius 1 is 1.06 bits per heavy atom. The lowest BCUT2D eigenvalue weighted by atomic mass is 9.55. The molecular weight excluding hydrogens is 803 g/mol. The third-order valence-electron chi connectivity index (χ3n) is 14.5. The summed E-state index contributed by atoms with van der Waals surface area (Å²) in [5.41, 5.74) is 8.74. The van der Waals surface area contributed by atoms with Gasteiger partial charge in [-0.25, -0.2) is 4.79 Å². The van der Waals surface area contributed by atoms with Gasteiger partial charge in [0.1, 0.15) is 11.9 Å². The van der Waals surface area contributed by atoms with Gasteiger partial charge in [-0.1, -0.05) is 57.1 Å². The molecule has 340 valence electrons. The number of amides is 2. The highest BCUT2D eigenvalue weighted by molar-refractivity contribution is 6.23. The van der Waals surface area contributed by atoms with Gasteiger partial charge in [-0.15, -0.1) is 5.92 Å². The van der Waals surface area contributed by atoms with E-state index in [1.54, 1.807) is 45.1 Å². The number of benzene rings is 1. The highest BCUT2D eigenvalue weighted by Crippen LogP contribution is 2.62. The van der Waals surface area contributed by atoms with Crippen molar-refractivity contribution >= 4 is 23.6 Å². The van der Waals surface area contributed by atoms with Crippen molar-refractivity contribution in [1.29, 1.82) is 0 Å². The van der Waals surface area contributed by atoms with Crippen LogP contribution < -0.4 is 16.4 Å². The van der Waals surface area contributed by atoms with Gasteiger partial charge in [0.25, 0.3) is 5.91 Å². The zero-order valence-corrected chi connectivity index (χ0v) is 37.6. The van der Waals surface area contributed by atoms with Crippen LogP contribution in [0.1, 0.15) is 96.6 Å². The van der Waals surface area contributed by atoms with Gasteiger partial charge in [0.15, 0.2) is 6.10 Å². The highest BCUT2D eigenvalue weighted by Gasteiger charge is 2.57. The number of phenols is 1. The number of ether oxygens (including phenoxy) is 3. The van der Waals surface area contributed by atoms with Crippen molar-refractivity contribution in [3.05, 3.63) is 87.8 Å². The number of nitrogens with one attached hydrogen (secondary N) is 2. The number of aliphatic hydroxyl groups is 2. The Morgan fingerprint density at radius 3 is 2.54 bits per heavy atom. The van der Waals surface area contributed by atoms with Crippen molar-refractivity contribution in [2.75, 3.05) is 20.8 Å². The molecule has 2 fully saturated rings. The van der Waals surface area contributed by atoms with Crippen LogP contribution in [0.15, 0.2) is 76.7 Å². The Bertz CT molecular complexity index is 2160. The summed E-state index contributed by atoms with van der Waals surface area (Å²) in [6.45, 7) is 9.32. The molecule has 5 aliphatic rings. The monoisotopic (exact) mass is 867 g/mol. The molecule has 0 radical (unpaired) electrons. The largest absolute Gasteiger partial charge is 0.508 e. The Kier molecular flexibility index (Phi) is 15.2. The van der Waals surface area contributed by atoms with E-state index in [4.69, 9.17) is 19.9 Å². The molecule has 6 rings (SSSR count). The first kappa shape index (κ1) is 47.5. The molecule has 2 amide bonds. The molecule has 1 heterocycles. The SMILES string of the molecule is CO[C@@H]1/C=C\C=C(/C)C(=O)NC2=CC(=O)C(NCC#CC[C@@H]3C[C@H]4[C@@H]5CCc6cc(O)ccc6[C@H]5CC[C@]4(C)[C@H]3O)=C(C[C@H](C)C[C@@H](OC)[C@@H](O)[C@H](C)/C=C(\C)[C@H]1OC(N)=O)C2=O. The van der Waals surface area contributed by atoms with Crippen molar-refractivity contribution in [3.63, 3.8) is 0 Å². The van der Waals surface area contributed by atoms with Crippen LogP contribution in [0.4, 0.5) is 4.79 Å². The van der Waals surface area contributed by atoms with Gasteiger partial charge in [-0.2, -0.15) is 0 Å². The molecule has 0 spiro atoms. The average molecular weight is 868 g/mol. The van der Waals surface area contributed by atoms with E-state index in [2.05, 4.69) is 35.5 Å². The third-order valence-corrected chi connectivity index (χ3v) is 14.5. The average Bonchev–Trinajstić information content (AvgIpc) is 3.50. The van der Waals surface area contributed by atoms with E-state index in [-0.39, 0.29) is 52.8 Å². The number of aryl methyl sites for hydroxylation is 1. The molecule has 0 aromatic heterocycles. The number of ketones is 2. The Morgan fingerprint density at radius 2 is 1.83 bits per heavy atom. The van der Waals surface area contributed by atoms with Crippen molar-refractivity contribution in [3.8, 4) is 17.6 Å². The fourth-order valence-corrected chi connectivity index (χ4v) is 11.1. The molecule has 13 heteroatoms. The van der Waals surface area contributed by atoms with Gasteiger partial charge in [0, 0.05) is 43.8 Å². The number of carbonyl (C=O) groups is 4. The number of nitrogens with two attached hydrogens (primary N) is 1. The smallest absolute Gasteiger partial charge is 0.405 e. The van der Waals surface area contributed by atoms with E-state index >= 15 is 0 Å². The van der Waals surface area contributed by atoms with Crippen LogP contribution in [0.5, 0.6) is 5.75 Å². The molecular formula is C50H65N3O10. The van der Waals surface area contributed by atoms with Crippen LogP contribution in [0.3, 0.4) is 0 Å². The molecule has 1 aromatic carbocycles. The molecule has 1 aliphatic heterocycles. The summed E-state index contributed by atoms with van der Waals surface area (Å²) >= 11 is 0. The fourth-order valence-electron chi connectivity index (χ4n) is 11.1. The van der Waals surface area contributed by atoms with E-state index in [9.17, 15) is 34.5 Å². The predicted octanol–water partition coefficient (Wildman–Crippen LogP) is 5.59. The Hall–Kier alpha value is -5.00. The second-order valence-corrected chi connectivity index (χ2v) is 18.6. The summed E-state index contributed by atoms with van der Waals surface area (Å²) in [5, 5.41) is 39.1. The number of phenolic OH excluding ortho intramolecular Hbond substituents is 1. The number of aromatic hydroxyl groups is 1. The van der Waals surface area contributed by atoms with Gasteiger partial charge in [0.05, 0.1) is 36.3 Å². The Labute approximate surface area is 371 Å². The lowest BCUT2D eigenvalue weighted by Crippen LogP contribution is -2.44. The van der Waals surface area contributed by atoms with E-state index < -0.39 is 60.0 Å². The number of aliphatic hydroxyl groups excluding tert-OH is 2. The number of methoxy groups -OCH3 is 2.